The molecule has 1 aliphatic heterocycles. The third-order valence-electron chi connectivity index (χ3n) is 10.6. The summed E-state index contributed by atoms with van der Waals surface area (Å²) in [5, 5.41) is 26.3. The van der Waals surface area contributed by atoms with Crippen molar-refractivity contribution in [3.8, 4) is 5.75 Å². The highest BCUT2D eigenvalue weighted by atomic mass is 35.5. The van der Waals surface area contributed by atoms with Gasteiger partial charge >= 0.3 is 5.97 Å². The number of carbonyl (C=O) groups is 1. The van der Waals surface area contributed by atoms with Crippen LogP contribution in [0, 0.1) is 5.82 Å². The Kier molecular flexibility index (Phi) is 10.6. The Morgan fingerprint density at radius 2 is 1.96 bits per heavy atom. The summed E-state index contributed by atoms with van der Waals surface area (Å²) in [6, 6.07) is 14.7. The number of β-amino-alcohol motifs (C(OH)–C–C–N with tert-alkyl or cyclic N) is 1. The maximum absolute atomic E-state index is 17.1. The van der Waals surface area contributed by atoms with Gasteiger partial charge in [-0.2, -0.15) is 0 Å². The topological polar surface area (TPSA) is 120 Å². The Morgan fingerprint density at radius 1 is 1.19 bits per heavy atom. The number of fused-ring (bicyclic) bond motifs is 1. The smallest absolute Gasteiger partial charge is 0.323 e. The normalized spacial score (nSPS) is 23.7. The van der Waals surface area contributed by atoms with Gasteiger partial charge in [0.2, 0.25) is 0 Å². The van der Waals surface area contributed by atoms with Gasteiger partial charge in [-0.05, 0) is 74.1 Å². The summed E-state index contributed by atoms with van der Waals surface area (Å²) in [6.07, 6.45) is 11.3. The van der Waals surface area contributed by atoms with E-state index >= 15 is 8.78 Å². The van der Waals surface area contributed by atoms with Crippen LogP contribution in [-0.2, 0) is 17.9 Å². The van der Waals surface area contributed by atoms with Gasteiger partial charge in [0.25, 0.3) is 0 Å². The van der Waals surface area contributed by atoms with Crippen molar-refractivity contribution >= 4 is 57.3 Å². The molecule has 2 aliphatic carbocycles. The Labute approximate surface area is 322 Å². The number of halogens is 4. The molecule has 3 heterocycles. The second-order valence-electron chi connectivity index (χ2n) is 14.2. The molecule has 3 aliphatic rings. The van der Waals surface area contributed by atoms with Gasteiger partial charge in [-0.1, -0.05) is 60.2 Å². The fourth-order valence-electron chi connectivity index (χ4n) is 7.28. The number of benzene rings is 2. The first-order valence-corrected chi connectivity index (χ1v) is 18.7. The van der Waals surface area contributed by atoms with Gasteiger partial charge < -0.3 is 20.3 Å². The number of rotatable bonds is 13. The lowest BCUT2D eigenvalue weighted by Crippen LogP contribution is -2.53. The first kappa shape index (κ1) is 37.9. The highest BCUT2D eigenvalue weighted by Gasteiger charge is 2.51. The molecule has 9 nitrogen and oxygen atoms in total. The number of hydrogen-bond acceptors (Lipinski definition) is 8. The van der Waals surface area contributed by atoms with E-state index in [0.29, 0.717) is 42.8 Å². The zero-order valence-electron chi connectivity index (χ0n) is 29.9. The number of ether oxygens (including phenoxy) is 1. The number of nitrogens with one attached hydrogen (secondary N) is 2. The molecule has 3 atom stereocenters. The molecule has 2 aromatic heterocycles. The molecule has 54 heavy (non-hydrogen) atoms. The largest absolute Gasteiger partial charge is 0.493 e. The van der Waals surface area contributed by atoms with Crippen LogP contribution < -0.4 is 15.4 Å². The van der Waals surface area contributed by atoms with Crippen LogP contribution in [0.3, 0.4) is 0 Å². The Morgan fingerprint density at radius 3 is 2.65 bits per heavy atom. The van der Waals surface area contributed by atoms with Gasteiger partial charge in [-0.3, -0.25) is 20.0 Å². The van der Waals surface area contributed by atoms with Gasteiger partial charge in [-0.25, -0.2) is 13.8 Å². The highest BCUT2D eigenvalue weighted by Crippen LogP contribution is 2.49. The zero-order valence-corrected chi connectivity index (χ0v) is 31.4. The predicted molar refractivity (Wildman–Crippen MR) is 208 cm³/mol. The maximum Gasteiger partial charge on any atom is 0.323 e. The quantitative estimate of drug-likeness (QED) is 0.101. The molecule has 0 amide bonds. The fourth-order valence-corrected chi connectivity index (χ4v) is 7.87. The van der Waals surface area contributed by atoms with Crippen LogP contribution >= 0.6 is 23.2 Å². The molecule has 4 aromatic rings. The molecule has 2 aromatic carbocycles. The Bertz CT molecular complexity index is 2180. The van der Waals surface area contributed by atoms with Crippen LogP contribution in [0.2, 0.25) is 5.02 Å². The van der Waals surface area contributed by atoms with Crippen LogP contribution in [0.25, 0.3) is 22.3 Å². The number of aromatic nitrogens is 2. The van der Waals surface area contributed by atoms with Gasteiger partial charge in [0.1, 0.15) is 28.2 Å². The summed E-state index contributed by atoms with van der Waals surface area (Å²) >= 11 is 14.2. The van der Waals surface area contributed by atoms with Crippen molar-refractivity contribution < 1.29 is 28.5 Å². The van der Waals surface area contributed by atoms with Gasteiger partial charge in [0, 0.05) is 55.1 Å². The van der Waals surface area contributed by atoms with Crippen LogP contribution in [0.1, 0.15) is 55.4 Å². The number of anilines is 1. The minimum Gasteiger partial charge on any atom is -0.493 e. The van der Waals surface area contributed by atoms with Crippen molar-refractivity contribution in [2.45, 2.75) is 68.3 Å². The maximum atomic E-state index is 17.1. The molecule has 0 radical (unpaired) electrons. The summed E-state index contributed by atoms with van der Waals surface area (Å²) in [7, 11) is 0. The molecule has 2 fully saturated rings. The van der Waals surface area contributed by atoms with E-state index in [9.17, 15) is 15.0 Å². The van der Waals surface area contributed by atoms with E-state index in [1.54, 1.807) is 38.4 Å². The number of nitrogens with zero attached hydrogens (tertiary/aromatic N) is 3. The predicted octanol–water partition coefficient (Wildman–Crippen LogP) is 7.91. The third kappa shape index (κ3) is 7.23. The number of hydrogen-bond donors (Lipinski definition) is 4. The van der Waals surface area contributed by atoms with Gasteiger partial charge in [0.05, 0.1) is 22.6 Å². The summed E-state index contributed by atoms with van der Waals surface area (Å²) in [5.74, 6) is -2.46. The van der Waals surface area contributed by atoms with Crippen molar-refractivity contribution in [3.05, 3.63) is 118 Å². The first-order valence-electron chi connectivity index (χ1n) is 17.9. The Hall–Kier alpha value is -4.39. The molecule has 1 saturated heterocycles. The van der Waals surface area contributed by atoms with Crippen molar-refractivity contribution in [2.24, 2.45) is 0 Å². The molecule has 7 rings (SSSR count). The number of pyridine rings is 2. The van der Waals surface area contributed by atoms with E-state index in [2.05, 4.69) is 20.5 Å². The highest BCUT2D eigenvalue weighted by molar-refractivity contribution is 6.33. The fraction of sp³-hybridized carbons (Fsp3) is 0.341. The molecule has 282 valence electrons. The molecular weight excluding hydrogens is 735 g/mol. The van der Waals surface area contributed by atoms with Gasteiger partial charge in [-0.15, -0.1) is 11.6 Å². The average molecular weight is 777 g/mol. The first-order chi connectivity index (χ1) is 25.9. The van der Waals surface area contributed by atoms with Crippen molar-refractivity contribution in [3.63, 3.8) is 0 Å². The molecule has 0 spiro atoms. The second kappa shape index (κ2) is 15.0. The summed E-state index contributed by atoms with van der Waals surface area (Å²) in [4.78, 5) is 22.0. The number of alkyl halides is 1. The number of carboxylic acids is 1. The Balaban J connectivity index is 1.31. The number of aliphatic carboxylic acids is 1. The molecule has 3 unspecified atom stereocenters. The number of carboxylic acid groups (broad SMARTS) is 1. The lowest BCUT2D eigenvalue weighted by Gasteiger charge is -2.45. The van der Waals surface area contributed by atoms with Crippen molar-refractivity contribution in [1.82, 2.24) is 20.2 Å². The minimum absolute atomic E-state index is 0.000821. The number of allylic oxidation sites excluding steroid dienone is 2. The van der Waals surface area contributed by atoms with E-state index in [1.807, 2.05) is 48.5 Å². The molecule has 4 N–H and O–H groups in total. The lowest BCUT2D eigenvalue weighted by atomic mass is 9.73. The second-order valence-corrected chi connectivity index (χ2v) is 15.4. The molecular formula is C41H41Cl2F2N5O4. The summed E-state index contributed by atoms with van der Waals surface area (Å²) in [6.45, 7) is 5.47. The van der Waals surface area contributed by atoms with E-state index < -0.39 is 38.6 Å². The molecule has 0 bridgehead atoms. The standard InChI is InChI=1S/C41H41Cl2F2N5O4/c1-3-54-33-19-29(34(42)35(45)30(33)22-48-40(14-15-40)38(52)53)32(44)20-41(13-7-10-31(39(41,2)43)26-8-5-4-6-9-26)49-37-36-27(11-16-46-37)18-25(21-47-36)23-50-17-12-28(51)24-50/h4-11,13,16,18-21,28,48,51H,3,12,14-15,17,22-24H2,1-2H3,(H,46,49)(H,52,53)/b32-20-. The monoisotopic (exact) mass is 775 g/mol. The van der Waals surface area contributed by atoms with E-state index in [-0.39, 0.29) is 36.1 Å². The van der Waals surface area contributed by atoms with Crippen LogP contribution in [-0.4, -0.2) is 72.8 Å². The van der Waals surface area contributed by atoms with E-state index in [0.717, 1.165) is 29.5 Å². The molecule has 1 saturated carbocycles. The van der Waals surface area contributed by atoms with E-state index in [4.69, 9.17) is 32.9 Å². The zero-order chi connectivity index (χ0) is 38.3. The van der Waals surface area contributed by atoms with Crippen LogP contribution in [0.5, 0.6) is 5.75 Å². The van der Waals surface area contributed by atoms with Gasteiger partial charge in [0.15, 0.2) is 11.6 Å². The van der Waals surface area contributed by atoms with Crippen molar-refractivity contribution in [1.29, 1.82) is 0 Å². The minimum atomic E-state index is -1.53. The molecule has 13 heteroatoms. The van der Waals surface area contributed by atoms with Crippen LogP contribution in [0.4, 0.5) is 14.6 Å². The average Bonchev–Trinajstić information content (AvgIpc) is 3.84. The number of aliphatic hydroxyl groups excluding tert-OH is 1. The van der Waals surface area contributed by atoms with Crippen LogP contribution in [0.15, 0.2) is 85.2 Å². The lowest BCUT2D eigenvalue weighted by molar-refractivity contribution is -0.140. The summed E-state index contributed by atoms with van der Waals surface area (Å²) < 4.78 is 38.9. The SMILES string of the molecule is CCOc1cc(/C(F)=C/C2(Nc3nccc4cc(CN5CCC(O)C5)cnc34)C=CC=C(c3ccccc3)C2(C)Cl)c(Cl)c(F)c1CNC1(C(=O)O)CC1. The summed E-state index contributed by atoms with van der Waals surface area (Å²) in [5.41, 5.74) is 0.0648. The van der Waals surface area contributed by atoms with E-state index in [1.165, 1.54) is 12.1 Å². The van der Waals surface area contributed by atoms with Crippen molar-refractivity contribution in [2.75, 3.05) is 25.0 Å². The third-order valence-corrected chi connectivity index (χ3v) is 11.5. The number of likely N-dealkylation sites (tertiary alicyclic amines) is 1. The number of aliphatic hydroxyl groups is 1.